The van der Waals surface area contributed by atoms with Gasteiger partial charge in [-0.2, -0.15) is 0 Å². The number of hydrogen-bond acceptors (Lipinski definition) is 4. The molecule has 2 aliphatic heterocycles. The average Bonchev–Trinajstić information content (AvgIpc) is 2.55. The minimum absolute atomic E-state index is 0.903. The summed E-state index contributed by atoms with van der Waals surface area (Å²) in [4.78, 5) is 7.68. The summed E-state index contributed by atoms with van der Waals surface area (Å²) in [6, 6.07) is 6.81. The van der Waals surface area contributed by atoms with E-state index >= 15 is 0 Å². The molecule has 0 aliphatic carbocycles. The lowest BCUT2D eigenvalue weighted by Gasteiger charge is -2.38. The van der Waals surface area contributed by atoms with Crippen LogP contribution in [0.3, 0.4) is 0 Å². The summed E-state index contributed by atoms with van der Waals surface area (Å²) in [7, 11) is 0. The highest BCUT2D eigenvalue weighted by molar-refractivity contribution is 5.54. The zero-order valence-electron chi connectivity index (χ0n) is 14.1. The van der Waals surface area contributed by atoms with Gasteiger partial charge in [-0.1, -0.05) is 17.7 Å². The number of rotatable bonds is 4. The van der Waals surface area contributed by atoms with Gasteiger partial charge in [0.25, 0.3) is 0 Å². The van der Waals surface area contributed by atoms with Crippen molar-refractivity contribution >= 4 is 5.69 Å². The average molecular weight is 303 g/mol. The van der Waals surface area contributed by atoms with Gasteiger partial charge in [-0.25, -0.2) is 0 Å². The standard InChI is InChI=1S/C18H29N3O/c1-16-3-4-18(17(2)15-16)21-9-7-19(8-10-21)5-6-20-11-13-22-14-12-20/h3-4,15H,5-14H2,1-2H3. The molecule has 0 aromatic heterocycles. The highest BCUT2D eigenvalue weighted by Gasteiger charge is 2.19. The van der Waals surface area contributed by atoms with Crippen LogP contribution in [0.15, 0.2) is 18.2 Å². The van der Waals surface area contributed by atoms with Crippen LogP contribution in [-0.2, 0) is 4.74 Å². The zero-order chi connectivity index (χ0) is 15.4. The second-order valence-electron chi connectivity index (χ2n) is 6.57. The van der Waals surface area contributed by atoms with Crippen LogP contribution in [0, 0.1) is 13.8 Å². The van der Waals surface area contributed by atoms with Crippen molar-refractivity contribution in [3.63, 3.8) is 0 Å². The molecular weight excluding hydrogens is 274 g/mol. The molecule has 0 atom stereocenters. The zero-order valence-corrected chi connectivity index (χ0v) is 14.1. The molecule has 4 nitrogen and oxygen atoms in total. The molecule has 1 aromatic carbocycles. The van der Waals surface area contributed by atoms with Crippen molar-refractivity contribution in [1.29, 1.82) is 0 Å². The van der Waals surface area contributed by atoms with Crippen LogP contribution in [-0.4, -0.2) is 75.4 Å². The smallest absolute Gasteiger partial charge is 0.0594 e. The second kappa shape index (κ2) is 7.44. The van der Waals surface area contributed by atoms with Gasteiger partial charge in [0.15, 0.2) is 0 Å². The summed E-state index contributed by atoms with van der Waals surface area (Å²) in [5.41, 5.74) is 4.17. The molecule has 0 unspecified atom stereocenters. The summed E-state index contributed by atoms with van der Waals surface area (Å²) in [6.07, 6.45) is 0. The number of benzene rings is 1. The van der Waals surface area contributed by atoms with E-state index in [9.17, 15) is 0 Å². The predicted molar refractivity (Wildman–Crippen MR) is 91.8 cm³/mol. The lowest BCUT2D eigenvalue weighted by molar-refractivity contribution is 0.0331. The number of hydrogen-bond donors (Lipinski definition) is 0. The van der Waals surface area contributed by atoms with Crippen LogP contribution < -0.4 is 4.90 Å². The van der Waals surface area contributed by atoms with Crippen LogP contribution in [0.25, 0.3) is 0 Å². The highest BCUT2D eigenvalue weighted by atomic mass is 16.5. The van der Waals surface area contributed by atoms with Crippen LogP contribution in [0.4, 0.5) is 5.69 Å². The van der Waals surface area contributed by atoms with Gasteiger partial charge < -0.3 is 9.64 Å². The Kier molecular flexibility index (Phi) is 5.34. The molecule has 2 fully saturated rings. The quantitative estimate of drug-likeness (QED) is 0.843. The fourth-order valence-electron chi connectivity index (χ4n) is 3.48. The first-order chi connectivity index (χ1) is 10.7. The van der Waals surface area contributed by atoms with Gasteiger partial charge >= 0.3 is 0 Å². The van der Waals surface area contributed by atoms with Crippen LogP contribution in [0.1, 0.15) is 11.1 Å². The largest absolute Gasteiger partial charge is 0.379 e. The molecule has 2 heterocycles. The maximum absolute atomic E-state index is 5.41. The molecule has 3 rings (SSSR count). The Balaban J connectivity index is 1.45. The van der Waals surface area contributed by atoms with Crippen molar-refractivity contribution < 1.29 is 4.74 Å². The van der Waals surface area contributed by atoms with Gasteiger partial charge in [0, 0.05) is 58.0 Å². The number of morpholine rings is 1. The van der Waals surface area contributed by atoms with E-state index in [0.29, 0.717) is 0 Å². The van der Waals surface area contributed by atoms with Gasteiger partial charge in [-0.05, 0) is 25.5 Å². The monoisotopic (exact) mass is 303 g/mol. The fraction of sp³-hybridized carbons (Fsp3) is 0.667. The van der Waals surface area contributed by atoms with Gasteiger partial charge in [0.05, 0.1) is 13.2 Å². The Morgan fingerprint density at radius 3 is 2.14 bits per heavy atom. The number of anilines is 1. The Bertz CT molecular complexity index is 477. The van der Waals surface area contributed by atoms with Crippen LogP contribution in [0.5, 0.6) is 0 Å². The molecule has 0 bridgehead atoms. The number of nitrogens with zero attached hydrogens (tertiary/aromatic N) is 3. The van der Waals surface area contributed by atoms with Gasteiger partial charge in [-0.15, -0.1) is 0 Å². The third-order valence-electron chi connectivity index (χ3n) is 4.90. The lowest BCUT2D eigenvalue weighted by atomic mass is 10.1. The fourth-order valence-corrected chi connectivity index (χ4v) is 3.48. The van der Waals surface area contributed by atoms with Crippen molar-refractivity contribution in [2.24, 2.45) is 0 Å². The van der Waals surface area contributed by atoms with Crippen LogP contribution in [0.2, 0.25) is 0 Å². The highest BCUT2D eigenvalue weighted by Crippen LogP contribution is 2.22. The molecule has 122 valence electrons. The van der Waals surface area contributed by atoms with Gasteiger partial charge in [-0.3, -0.25) is 9.80 Å². The van der Waals surface area contributed by atoms with E-state index < -0.39 is 0 Å². The Morgan fingerprint density at radius 1 is 0.864 bits per heavy atom. The molecule has 1 aromatic rings. The predicted octanol–water partition coefficient (Wildman–Crippen LogP) is 1.76. The van der Waals surface area contributed by atoms with Crippen molar-refractivity contribution in [2.45, 2.75) is 13.8 Å². The topological polar surface area (TPSA) is 19.0 Å². The molecule has 0 spiro atoms. The molecule has 2 saturated heterocycles. The first kappa shape index (κ1) is 15.8. The molecular formula is C18H29N3O. The normalized spacial score (nSPS) is 21.3. The van der Waals surface area contributed by atoms with Gasteiger partial charge in [0.1, 0.15) is 0 Å². The Morgan fingerprint density at radius 2 is 1.50 bits per heavy atom. The van der Waals surface area contributed by atoms with E-state index in [2.05, 4.69) is 46.7 Å². The first-order valence-electron chi connectivity index (χ1n) is 8.57. The molecule has 0 saturated carbocycles. The second-order valence-corrected chi connectivity index (χ2v) is 6.57. The lowest BCUT2D eigenvalue weighted by Crippen LogP contribution is -2.49. The third-order valence-corrected chi connectivity index (χ3v) is 4.90. The molecule has 22 heavy (non-hydrogen) atoms. The summed E-state index contributed by atoms with van der Waals surface area (Å²) >= 11 is 0. The van der Waals surface area contributed by atoms with E-state index in [1.165, 1.54) is 43.0 Å². The summed E-state index contributed by atoms with van der Waals surface area (Å²) in [5.74, 6) is 0. The van der Waals surface area contributed by atoms with Crippen molar-refractivity contribution in [2.75, 3.05) is 70.5 Å². The minimum atomic E-state index is 0.903. The SMILES string of the molecule is Cc1ccc(N2CCN(CCN3CCOCC3)CC2)c(C)c1. The number of aryl methyl sites for hydroxylation is 2. The summed E-state index contributed by atoms with van der Waals surface area (Å²) < 4.78 is 5.41. The van der Waals surface area contributed by atoms with Gasteiger partial charge in [0.2, 0.25) is 0 Å². The van der Waals surface area contributed by atoms with E-state index in [-0.39, 0.29) is 0 Å². The Hall–Kier alpha value is -1.10. The van der Waals surface area contributed by atoms with Crippen molar-refractivity contribution in [1.82, 2.24) is 9.80 Å². The maximum atomic E-state index is 5.41. The summed E-state index contributed by atoms with van der Waals surface area (Å²) in [5, 5.41) is 0. The minimum Gasteiger partial charge on any atom is -0.379 e. The van der Waals surface area contributed by atoms with Crippen molar-refractivity contribution in [3.05, 3.63) is 29.3 Å². The van der Waals surface area contributed by atoms with E-state index in [4.69, 9.17) is 4.74 Å². The molecule has 0 radical (unpaired) electrons. The van der Waals surface area contributed by atoms with Crippen molar-refractivity contribution in [3.8, 4) is 0 Å². The third kappa shape index (κ3) is 4.00. The summed E-state index contributed by atoms with van der Waals surface area (Å²) in [6.45, 7) is 15.4. The van der Waals surface area contributed by atoms with E-state index in [1.54, 1.807) is 0 Å². The van der Waals surface area contributed by atoms with Crippen LogP contribution >= 0.6 is 0 Å². The van der Waals surface area contributed by atoms with E-state index in [0.717, 1.165) is 39.4 Å². The molecule has 2 aliphatic rings. The number of ether oxygens (including phenoxy) is 1. The molecule has 4 heteroatoms. The first-order valence-corrected chi connectivity index (χ1v) is 8.57. The van der Waals surface area contributed by atoms with E-state index in [1.807, 2.05) is 0 Å². The number of piperazine rings is 1. The molecule has 0 N–H and O–H groups in total. The molecule has 0 amide bonds. The maximum Gasteiger partial charge on any atom is 0.0594 e. The Labute approximate surface area is 134 Å².